The van der Waals surface area contributed by atoms with Crippen LogP contribution in [0.3, 0.4) is 0 Å². The molecule has 0 saturated heterocycles. The molecule has 1 saturated carbocycles. The molecule has 0 unspecified atom stereocenters. The van der Waals surface area contributed by atoms with E-state index >= 15 is 0 Å². The predicted octanol–water partition coefficient (Wildman–Crippen LogP) is 2.63. The van der Waals surface area contributed by atoms with Gasteiger partial charge in [0.25, 0.3) is 0 Å². The van der Waals surface area contributed by atoms with E-state index in [-0.39, 0.29) is 12.1 Å². The van der Waals surface area contributed by atoms with Crippen molar-refractivity contribution in [1.82, 2.24) is 10.6 Å². The summed E-state index contributed by atoms with van der Waals surface area (Å²) in [4.78, 5) is 11.7. The number of nitrogens with one attached hydrogen (secondary N) is 2. The van der Waals surface area contributed by atoms with E-state index in [1.54, 1.807) is 0 Å². The van der Waals surface area contributed by atoms with Gasteiger partial charge in [-0.3, -0.25) is 0 Å². The molecule has 2 rings (SSSR count). The maximum atomic E-state index is 11.7. The topological polar surface area (TPSA) is 59.6 Å². The minimum Gasteiger partial charge on any atom is -0.445 e. The molecule has 5 heteroatoms. The molecule has 0 bridgehead atoms. The molecule has 23 heavy (non-hydrogen) atoms. The first-order valence-electron chi connectivity index (χ1n) is 8.06. The number of hydrogen-bond donors (Lipinski definition) is 2. The van der Waals surface area contributed by atoms with E-state index < -0.39 is 0 Å². The third-order valence-corrected chi connectivity index (χ3v) is 3.70. The monoisotopic (exact) mass is 318 g/mol. The molecule has 1 aromatic carbocycles. The number of benzene rings is 1. The zero-order chi connectivity index (χ0) is 16.5. The number of amides is 1. The third-order valence-electron chi connectivity index (χ3n) is 3.70. The van der Waals surface area contributed by atoms with Crippen LogP contribution < -0.4 is 10.6 Å². The molecule has 0 spiro atoms. The highest BCUT2D eigenvalue weighted by Gasteiger charge is 2.30. The van der Waals surface area contributed by atoms with Gasteiger partial charge < -0.3 is 20.1 Å². The molecule has 0 atom stereocenters. The summed E-state index contributed by atoms with van der Waals surface area (Å²) in [7, 11) is 0. The Morgan fingerprint density at radius 3 is 2.70 bits per heavy atom. The maximum absolute atomic E-state index is 11.7. The van der Waals surface area contributed by atoms with Crippen LogP contribution in [0.15, 0.2) is 42.5 Å². The molecule has 1 aliphatic rings. The first-order valence-corrected chi connectivity index (χ1v) is 8.06. The second-order valence-corrected chi connectivity index (χ2v) is 6.04. The summed E-state index contributed by atoms with van der Waals surface area (Å²) in [5, 5.41) is 6.30. The van der Waals surface area contributed by atoms with Crippen LogP contribution in [-0.4, -0.2) is 37.9 Å². The second kappa shape index (κ2) is 9.33. The van der Waals surface area contributed by atoms with Gasteiger partial charge in [0.05, 0.1) is 13.2 Å². The van der Waals surface area contributed by atoms with Crippen molar-refractivity contribution in [3.05, 3.63) is 48.0 Å². The zero-order valence-electron chi connectivity index (χ0n) is 13.7. The van der Waals surface area contributed by atoms with Gasteiger partial charge in [0, 0.05) is 18.6 Å². The molecule has 5 nitrogen and oxygen atoms in total. The fourth-order valence-electron chi connectivity index (χ4n) is 2.42. The lowest BCUT2D eigenvalue weighted by Gasteiger charge is -2.36. The molecule has 1 aromatic rings. The Labute approximate surface area is 138 Å². The largest absolute Gasteiger partial charge is 0.445 e. The lowest BCUT2D eigenvalue weighted by atomic mass is 9.87. The van der Waals surface area contributed by atoms with Crippen molar-refractivity contribution in [3.8, 4) is 0 Å². The molecule has 1 amide bonds. The minimum atomic E-state index is -0.345. The average molecular weight is 318 g/mol. The summed E-state index contributed by atoms with van der Waals surface area (Å²) in [6, 6.07) is 10.3. The summed E-state index contributed by atoms with van der Waals surface area (Å²) in [5.41, 5.74) is 2.03. The van der Waals surface area contributed by atoms with Crippen LogP contribution in [0.25, 0.3) is 0 Å². The Kier molecular flexibility index (Phi) is 7.10. The Hall–Kier alpha value is -1.85. The lowest BCUT2D eigenvalue weighted by Crippen LogP contribution is -2.53. The van der Waals surface area contributed by atoms with Crippen LogP contribution in [0, 0.1) is 0 Å². The lowest BCUT2D eigenvalue weighted by molar-refractivity contribution is 0.121. The van der Waals surface area contributed by atoms with Crippen molar-refractivity contribution in [2.24, 2.45) is 0 Å². The summed E-state index contributed by atoms with van der Waals surface area (Å²) in [6.07, 6.45) is 1.52. The molecule has 0 radical (unpaired) electrons. The van der Waals surface area contributed by atoms with Gasteiger partial charge in [-0.1, -0.05) is 42.5 Å². The Morgan fingerprint density at radius 2 is 2.00 bits per heavy atom. The van der Waals surface area contributed by atoms with Crippen LogP contribution in [0.4, 0.5) is 4.79 Å². The zero-order valence-corrected chi connectivity index (χ0v) is 13.7. The van der Waals surface area contributed by atoms with Gasteiger partial charge in [-0.25, -0.2) is 4.79 Å². The van der Waals surface area contributed by atoms with Gasteiger partial charge >= 0.3 is 6.09 Å². The first kappa shape index (κ1) is 17.5. The number of alkyl carbamates (subject to hydrolysis) is 1. The number of rotatable bonds is 9. The van der Waals surface area contributed by atoms with E-state index in [0.717, 1.165) is 30.5 Å². The van der Waals surface area contributed by atoms with Gasteiger partial charge in [-0.05, 0) is 25.3 Å². The van der Waals surface area contributed by atoms with Crippen molar-refractivity contribution in [2.75, 3.05) is 19.8 Å². The Balaban J connectivity index is 1.49. The van der Waals surface area contributed by atoms with Gasteiger partial charge in [0.15, 0.2) is 0 Å². The van der Waals surface area contributed by atoms with Gasteiger partial charge in [-0.2, -0.15) is 0 Å². The molecule has 1 aliphatic carbocycles. The fraction of sp³-hybridized carbons (Fsp3) is 0.500. The van der Waals surface area contributed by atoms with Crippen molar-refractivity contribution in [2.45, 2.75) is 38.5 Å². The quantitative estimate of drug-likeness (QED) is 0.543. The molecule has 2 N–H and O–H groups in total. The molecular weight excluding hydrogens is 292 g/mol. The van der Waals surface area contributed by atoms with Crippen molar-refractivity contribution in [1.29, 1.82) is 0 Å². The van der Waals surface area contributed by atoms with Gasteiger partial charge in [-0.15, -0.1) is 0 Å². The van der Waals surface area contributed by atoms with Crippen molar-refractivity contribution < 1.29 is 14.3 Å². The molecular formula is C18H26N2O3. The average Bonchev–Trinajstić information content (AvgIpc) is 2.50. The Morgan fingerprint density at radius 1 is 1.26 bits per heavy atom. The Bertz CT molecular complexity index is 498. The van der Waals surface area contributed by atoms with Crippen LogP contribution in [0.5, 0.6) is 0 Å². The minimum absolute atomic E-state index is 0.201. The second-order valence-electron chi connectivity index (χ2n) is 6.04. The molecule has 126 valence electrons. The van der Waals surface area contributed by atoms with E-state index in [2.05, 4.69) is 17.2 Å². The van der Waals surface area contributed by atoms with E-state index in [4.69, 9.17) is 9.47 Å². The number of carbonyl (C=O) groups is 1. The van der Waals surface area contributed by atoms with E-state index in [0.29, 0.717) is 25.9 Å². The normalized spacial score (nSPS) is 19.7. The highest BCUT2D eigenvalue weighted by atomic mass is 16.5. The molecule has 0 aliphatic heterocycles. The highest BCUT2D eigenvalue weighted by Crippen LogP contribution is 2.19. The third kappa shape index (κ3) is 6.84. The van der Waals surface area contributed by atoms with Crippen molar-refractivity contribution >= 4 is 6.09 Å². The first-order chi connectivity index (χ1) is 11.1. The van der Waals surface area contributed by atoms with E-state index in [1.165, 1.54) is 0 Å². The number of hydrogen-bond acceptors (Lipinski definition) is 4. The number of carbonyl (C=O) groups excluding carboxylic acids is 1. The SMILES string of the molecule is C=C(C)COCCNC1CC(NC(=O)OCc2ccccc2)C1. The van der Waals surface area contributed by atoms with Crippen LogP contribution in [-0.2, 0) is 16.1 Å². The molecule has 0 aromatic heterocycles. The maximum Gasteiger partial charge on any atom is 0.407 e. The van der Waals surface area contributed by atoms with Crippen LogP contribution in [0.1, 0.15) is 25.3 Å². The van der Waals surface area contributed by atoms with Gasteiger partial charge in [0.2, 0.25) is 0 Å². The highest BCUT2D eigenvalue weighted by molar-refractivity contribution is 5.67. The molecule has 0 heterocycles. The number of ether oxygens (including phenoxy) is 2. The van der Waals surface area contributed by atoms with Gasteiger partial charge in [0.1, 0.15) is 6.61 Å². The molecule has 1 fully saturated rings. The summed E-state index contributed by atoms with van der Waals surface area (Å²) < 4.78 is 10.6. The summed E-state index contributed by atoms with van der Waals surface area (Å²) >= 11 is 0. The standard InChI is InChI=1S/C18H26N2O3/c1-14(2)12-22-9-8-19-16-10-17(11-16)20-18(21)23-13-15-6-4-3-5-7-15/h3-7,16-17,19H,1,8-13H2,2H3,(H,20,21). The smallest absolute Gasteiger partial charge is 0.407 e. The summed E-state index contributed by atoms with van der Waals surface area (Å²) in [5.74, 6) is 0. The van der Waals surface area contributed by atoms with Crippen molar-refractivity contribution in [3.63, 3.8) is 0 Å². The van der Waals surface area contributed by atoms with E-state index in [9.17, 15) is 4.79 Å². The predicted molar refractivity (Wildman–Crippen MR) is 90.2 cm³/mol. The van der Waals surface area contributed by atoms with Crippen LogP contribution in [0.2, 0.25) is 0 Å². The van der Waals surface area contributed by atoms with Crippen LogP contribution >= 0.6 is 0 Å². The fourth-order valence-corrected chi connectivity index (χ4v) is 2.42. The van der Waals surface area contributed by atoms with E-state index in [1.807, 2.05) is 37.3 Å². The summed E-state index contributed by atoms with van der Waals surface area (Å²) in [6.45, 7) is 8.17.